The molecule has 0 unspecified atom stereocenters. The molecule has 188 valence electrons. The van der Waals surface area contributed by atoms with Crippen molar-refractivity contribution in [1.82, 2.24) is 9.73 Å². The van der Waals surface area contributed by atoms with Gasteiger partial charge in [-0.25, -0.2) is 13.8 Å². The first-order valence-electron chi connectivity index (χ1n) is 10.9. The van der Waals surface area contributed by atoms with E-state index < -0.39 is 22.5 Å². The minimum absolute atomic E-state index is 0.0171. The van der Waals surface area contributed by atoms with Gasteiger partial charge in [0.15, 0.2) is 23.0 Å². The Morgan fingerprint density at radius 1 is 1.00 bits per heavy atom. The molecule has 4 rings (SSSR count). The number of carbonyl (C=O) groups is 1. The molecule has 0 aromatic heterocycles. The molecule has 0 aliphatic carbocycles. The second-order valence-electron chi connectivity index (χ2n) is 7.68. The van der Waals surface area contributed by atoms with E-state index in [0.29, 0.717) is 22.8 Å². The van der Waals surface area contributed by atoms with E-state index in [-0.39, 0.29) is 24.0 Å². The number of hydrogen-bond acceptors (Lipinski definition) is 8. The Hall–Kier alpha value is -4.09. The fourth-order valence-corrected chi connectivity index (χ4v) is 4.91. The van der Waals surface area contributed by atoms with Crippen LogP contribution in [0.5, 0.6) is 23.0 Å². The largest absolute Gasteiger partial charge is 0.493 e. The van der Waals surface area contributed by atoms with Gasteiger partial charge in [-0.1, -0.05) is 30.3 Å². The highest BCUT2D eigenvalue weighted by Crippen LogP contribution is 2.32. The third kappa shape index (κ3) is 5.75. The smallest absolute Gasteiger partial charge is 0.255 e. The van der Waals surface area contributed by atoms with E-state index in [2.05, 4.69) is 10.5 Å². The lowest BCUT2D eigenvalue weighted by molar-refractivity contribution is -0.121. The number of ether oxygens (including phenoxy) is 4. The lowest BCUT2D eigenvalue weighted by atomic mass is 10.2. The summed E-state index contributed by atoms with van der Waals surface area (Å²) in [5, 5.41) is 3.95. The first-order valence-corrected chi connectivity index (χ1v) is 12.3. The van der Waals surface area contributed by atoms with Crippen LogP contribution in [-0.4, -0.2) is 52.4 Å². The molecule has 0 saturated carbocycles. The third-order valence-electron chi connectivity index (χ3n) is 5.31. The fourth-order valence-electron chi connectivity index (χ4n) is 3.51. The Bertz CT molecular complexity index is 1360. The molecule has 36 heavy (non-hydrogen) atoms. The first-order chi connectivity index (χ1) is 17.4. The Labute approximate surface area is 209 Å². The average Bonchev–Trinajstić information content (AvgIpc) is 3.36. The minimum Gasteiger partial charge on any atom is -0.493 e. The number of nitrogens with zero attached hydrogens (tertiary/aromatic N) is 2. The standard InChI is InChI=1S/C25H25N3O7S/c1-32-21-11-9-20(13-23(21)33-2)36(30,31)28(15-18-6-4-3-5-7-18)16-25(29)27-26-14-19-8-10-22-24(12-19)35-17-34-22/h3-14H,15-17H2,1-2H3,(H,27,29)/b26-14-. The summed E-state index contributed by atoms with van der Waals surface area (Å²) in [5.74, 6) is 1.26. The number of nitrogens with one attached hydrogen (secondary N) is 1. The topological polar surface area (TPSA) is 116 Å². The van der Waals surface area contributed by atoms with Crippen LogP contribution >= 0.6 is 0 Å². The van der Waals surface area contributed by atoms with E-state index in [4.69, 9.17) is 18.9 Å². The van der Waals surface area contributed by atoms with Crippen molar-refractivity contribution in [2.24, 2.45) is 5.10 Å². The quantitative estimate of drug-likeness (QED) is 0.329. The predicted molar refractivity (Wildman–Crippen MR) is 132 cm³/mol. The molecule has 0 saturated heterocycles. The number of benzene rings is 3. The zero-order valence-electron chi connectivity index (χ0n) is 19.7. The van der Waals surface area contributed by atoms with Crippen LogP contribution in [0.25, 0.3) is 0 Å². The molecule has 0 atom stereocenters. The molecule has 0 fully saturated rings. The Balaban J connectivity index is 1.52. The van der Waals surface area contributed by atoms with Crippen LogP contribution in [0, 0.1) is 0 Å². The summed E-state index contributed by atoms with van der Waals surface area (Å²) in [5.41, 5.74) is 3.79. The number of methoxy groups -OCH3 is 2. The van der Waals surface area contributed by atoms with E-state index in [1.807, 2.05) is 6.07 Å². The van der Waals surface area contributed by atoms with E-state index in [9.17, 15) is 13.2 Å². The van der Waals surface area contributed by atoms with Crippen LogP contribution in [0.2, 0.25) is 0 Å². The Kier molecular flexibility index (Phi) is 7.71. The molecule has 1 N–H and O–H groups in total. The molecular formula is C25H25N3O7S. The number of hydrazone groups is 1. The third-order valence-corrected chi connectivity index (χ3v) is 7.10. The maximum atomic E-state index is 13.5. The molecule has 0 radical (unpaired) electrons. The molecule has 3 aromatic rings. The summed E-state index contributed by atoms with van der Waals surface area (Å²) in [7, 11) is -1.20. The van der Waals surface area contributed by atoms with Crippen LogP contribution in [0.1, 0.15) is 11.1 Å². The monoisotopic (exact) mass is 511 g/mol. The van der Waals surface area contributed by atoms with Crippen molar-refractivity contribution in [3.63, 3.8) is 0 Å². The van der Waals surface area contributed by atoms with Gasteiger partial charge in [0.25, 0.3) is 5.91 Å². The highest BCUT2D eigenvalue weighted by molar-refractivity contribution is 7.89. The molecule has 10 nitrogen and oxygen atoms in total. The van der Waals surface area contributed by atoms with E-state index in [0.717, 1.165) is 9.87 Å². The number of hydrogen-bond donors (Lipinski definition) is 1. The van der Waals surface area contributed by atoms with E-state index in [1.165, 1.54) is 38.6 Å². The van der Waals surface area contributed by atoms with E-state index >= 15 is 0 Å². The van der Waals surface area contributed by atoms with Crippen LogP contribution in [-0.2, 0) is 21.4 Å². The van der Waals surface area contributed by atoms with Crippen molar-refractivity contribution in [2.45, 2.75) is 11.4 Å². The zero-order chi connectivity index (χ0) is 25.5. The second-order valence-corrected chi connectivity index (χ2v) is 9.62. The number of sulfonamides is 1. The van der Waals surface area contributed by atoms with Crippen molar-refractivity contribution in [3.05, 3.63) is 77.9 Å². The summed E-state index contributed by atoms with van der Waals surface area (Å²) in [6.45, 7) is -0.320. The first kappa shape index (κ1) is 25.0. The average molecular weight is 512 g/mol. The Morgan fingerprint density at radius 3 is 2.50 bits per heavy atom. The zero-order valence-corrected chi connectivity index (χ0v) is 20.5. The van der Waals surface area contributed by atoms with E-state index in [1.54, 1.807) is 42.5 Å². The molecule has 0 bridgehead atoms. The van der Waals surface area contributed by atoms with Gasteiger partial charge in [-0.05, 0) is 41.5 Å². The molecule has 1 aliphatic rings. The number of fused-ring (bicyclic) bond motifs is 1. The van der Waals surface area contributed by atoms with Crippen LogP contribution in [0.15, 0.2) is 76.7 Å². The number of carbonyl (C=O) groups excluding carboxylic acids is 1. The highest BCUT2D eigenvalue weighted by Gasteiger charge is 2.28. The summed E-state index contributed by atoms with van der Waals surface area (Å²) in [6.07, 6.45) is 1.43. The summed E-state index contributed by atoms with van der Waals surface area (Å²) >= 11 is 0. The van der Waals surface area contributed by atoms with Gasteiger partial charge in [-0.3, -0.25) is 4.79 Å². The van der Waals surface area contributed by atoms with Gasteiger partial charge in [-0.15, -0.1) is 0 Å². The maximum Gasteiger partial charge on any atom is 0.255 e. The fraction of sp³-hybridized carbons (Fsp3) is 0.200. The molecule has 3 aromatic carbocycles. The van der Waals surface area contributed by atoms with Crippen LogP contribution in [0.3, 0.4) is 0 Å². The van der Waals surface area contributed by atoms with Gasteiger partial charge in [0.05, 0.1) is 31.9 Å². The van der Waals surface area contributed by atoms with Gasteiger partial charge >= 0.3 is 0 Å². The summed E-state index contributed by atoms with van der Waals surface area (Å²) in [4.78, 5) is 12.7. The van der Waals surface area contributed by atoms with Gasteiger partial charge in [0.1, 0.15) is 0 Å². The number of amides is 1. The van der Waals surface area contributed by atoms with Crippen LogP contribution in [0.4, 0.5) is 0 Å². The van der Waals surface area contributed by atoms with Crippen molar-refractivity contribution >= 4 is 22.1 Å². The Morgan fingerprint density at radius 2 is 1.75 bits per heavy atom. The minimum atomic E-state index is -4.08. The number of rotatable bonds is 10. The van der Waals surface area contributed by atoms with Crippen molar-refractivity contribution in [3.8, 4) is 23.0 Å². The van der Waals surface area contributed by atoms with Crippen molar-refractivity contribution in [2.75, 3.05) is 27.6 Å². The molecule has 0 spiro atoms. The lowest BCUT2D eigenvalue weighted by Crippen LogP contribution is -2.39. The maximum absolute atomic E-state index is 13.5. The molecule has 11 heteroatoms. The second kappa shape index (κ2) is 11.1. The molecule has 1 heterocycles. The summed E-state index contributed by atoms with van der Waals surface area (Å²) in [6, 6.07) is 18.5. The van der Waals surface area contributed by atoms with Gasteiger partial charge in [-0.2, -0.15) is 9.41 Å². The normalized spacial score (nSPS) is 12.6. The molecule has 1 amide bonds. The van der Waals surface area contributed by atoms with Gasteiger partial charge in [0.2, 0.25) is 16.8 Å². The van der Waals surface area contributed by atoms with Gasteiger partial charge < -0.3 is 18.9 Å². The lowest BCUT2D eigenvalue weighted by Gasteiger charge is -2.22. The molecule has 1 aliphatic heterocycles. The van der Waals surface area contributed by atoms with Gasteiger partial charge in [0, 0.05) is 12.6 Å². The predicted octanol–water partition coefficient (Wildman–Crippen LogP) is 2.77. The summed E-state index contributed by atoms with van der Waals surface area (Å²) < 4.78 is 49.2. The van der Waals surface area contributed by atoms with Crippen LogP contribution < -0.4 is 24.4 Å². The molecular weight excluding hydrogens is 486 g/mol. The van der Waals surface area contributed by atoms with Crippen molar-refractivity contribution in [1.29, 1.82) is 0 Å². The highest BCUT2D eigenvalue weighted by atomic mass is 32.2. The SMILES string of the molecule is COc1ccc(S(=O)(=O)N(CC(=O)N/N=C\c2ccc3c(c2)OCO3)Cc2ccccc2)cc1OC. The van der Waals surface area contributed by atoms with Crippen molar-refractivity contribution < 1.29 is 32.2 Å².